The number of amides is 2. The molecule has 1 aliphatic heterocycles. The summed E-state index contributed by atoms with van der Waals surface area (Å²) in [5.74, 6) is -0.616. The van der Waals surface area contributed by atoms with Gasteiger partial charge in [0.25, 0.3) is 11.8 Å². The van der Waals surface area contributed by atoms with Gasteiger partial charge in [-0.3, -0.25) is 14.5 Å². The minimum Gasteiger partial charge on any atom is -0.303 e. The molecule has 1 aromatic rings. The molecule has 0 fully saturated rings. The number of imide groups is 1. The summed E-state index contributed by atoms with van der Waals surface area (Å²) in [6.45, 7) is 0.287. The lowest BCUT2D eigenvalue weighted by Crippen LogP contribution is -2.31. The van der Waals surface area contributed by atoms with Crippen LogP contribution in [0.15, 0.2) is 30.4 Å². The molecule has 0 saturated carbocycles. The van der Waals surface area contributed by atoms with Crippen LogP contribution in [-0.4, -0.2) is 35.8 Å². The molecule has 21 heavy (non-hydrogen) atoms. The van der Waals surface area contributed by atoms with Crippen molar-refractivity contribution in [1.29, 1.82) is 0 Å². The van der Waals surface area contributed by atoms with Crippen LogP contribution < -0.4 is 0 Å². The van der Waals surface area contributed by atoms with Crippen molar-refractivity contribution in [2.24, 2.45) is 0 Å². The minimum atomic E-state index is -0.308. The standard InChI is InChI=1S/C16H15NO4/c18-7-4-13-9-12(10-14(11-13)5-8-19)3-6-17-15(20)1-2-16(17)21/h1-2,7-11H,3-6H2. The predicted molar refractivity (Wildman–Crippen MR) is 75.5 cm³/mol. The zero-order chi connectivity index (χ0) is 15.2. The van der Waals surface area contributed by atoms with Gasteiger partial charge in [-0.05, 0) is 23.1 Å². The lowest BCUT2D eigenvalue weighted by atomic mass is 10.0. The zero-order valence-electron chi connectivity index (χ0n) is 11.5. The van der Waals surface area contributed by atoms with E-state index in [4.69, 9.17) is 0 Å². The maximum Gasteiger partial charge on any atom is 0.253 e. The van der Waals surface area contributed by atoms with Crippen molar-refractivity contribution in [2.75, 3.05) is 6.54 Å². The first kappa shape index (κ1) is 14.8. The van der Waals surface area contributed by atoms with Gasteiger partial charge in [-0.2, -0.15) is 0 Å². The second-order valence-electron chi connectivity index (χ2n) is 4.81. The number of carbonyl (C=O) groups is 4. The first-order chi connectivity index (χ1) is 10.1. The molecule has 1 aliphatic rings. The van der Waals surface area contributed by atoms with Gasteiger partial charge in [-0.15, -0.1) is 0 Å². The Balaban J connectivity index is 2.11. The molecule has 0 saturated heterocycles. The molecule has 108 valence electrons. The SMILES string of the molecule is O=CCc1cc(CC=O)cc(CCN2C(=O)C=CC2=O)c1. The van der Waals surface area contributed by atoms with E-state index in [1.807, 2.05) is 18.2 Å². The fourth-order valence-electron chi connectivity index (χ4n) is 2.30. The van der Waals surface area contributed by atoms with E-state index in [1.165, 1.54) is 17.1 Å². The van der Waals surface area contributed by atoms with Crippen LogP contribution in [-0.2, 0) is 38.4 Å². The highest BCUT2D eigenvalue weighted by Gasteiger charge is 2.22. The zero-order valence-corrected chi connectivity index (χ0v) is 11.5. The minimum absolute atomic E-state index is 0.281. The summed E-state index contributed by atoms with van der Waals surface area (Å²) in [5, 5.41) is 0. The number of hydrogen-bond donors (Lipinski definition) is 0. The number of aldehydes is 2. The maximum absolute atomic E-state index is 11.5. The van der Waals surface area contributed by atoms with E-state index in [1.54, 1.807) is 0 Å². The van der Waals surface area contributed by atoms with Gasteiger partial charge >= 0.3 is 0 Å². The first-order valence-electron chi connectivity index (χ1n) is 6.66. The van der Waals surface area contributed by atoms with Gasteiger partial charge in [-0.1, -0.05) is 18.2 Å². The third-order valence-electron chi connectivity index (χ3n) is 3.28. The summed E-state index contributed by atoms with van der Waals surface area (Å²) in [7, 11) is 0. The molecule has 5 nitrogen and oxygen atoms in total. The third kappa shape index (κ3) is 3.72. The molecule has 2 rings (SSSR count). The van der Waals surface area contributed by atoms with Crippen LogP contribution in [0.2, 0.25) is 0 Å². The van der Waals surface area contributed by atoms with E-state index < -0.39 is 0 Å². The van der Waals surface area contributed by atoms with Crippen LogP contribution in [0.4, 0.5) is 0 Å². The summed E-state index contributed by atoms with van der Waals surface area (Å²) < 4.78 is 0. The Hall–Kier alpha value is -2.56. The van der Waals surface area contributed by atoms with E-state index in [0.717, 1.165) is 29.3 Å². The molecule has 0 aliphatic carbocycles. The molecule has 0 N–H and O–H groups in total. The van der Waals surface area contributed by atoms with Gasteiger partial charge in [0.15, 0.2) is 0 Å². The van der Waals surface area contributed by atoms with Crippen LogP contribution in [0.1, 0.15) is 16.7 Å². The fourth-order valence-corrected chi connectivity index (χ4v) is 2.30. The Kier molecular flexibility index (Phi) is 4.77. The molecule has 0 unspecified atom stereocenters. The van der Waals surface area contributed by atoms with Crippen molar-refractivity contribution in [3.05, 3.63) is 47.0 Å². The smallest absolute Gasteiger partial charge is 0.253 e. The van der Waals surface area contributed by atoms with Gasteiger partial charge in [0.2, 0.25) is 0 Å². The highest BCUT2D eigenvalue weighted by Crippen LogP contribution is 2.13. The quantitative estimate of drug-likeness (QED) is 0.544. The predicted octanol–water partition coefficient (Wildman–Crippen LogP) is 0.637. The van der Waals surface area contributed by atoms with Crippen LogP contribution in [0, 0.1) is 0 Å². The first-order valence-corrected chi connectivity index (χ1v) is 6.66. The van der Waals surface area contributed by atoms with Crippen LogP contribution in [0.3, 0.4) is 0 Å². The van der Waals surface area contributed by atoms with Gasteiger partial charge < -0.3 is 9.59 Å². The molecule has 1 heterocycles. The Morgan fingerprint density at radius 2 is 1.29 bits per heavy atom. The van der Waals surface area contributed by atoms with E-state index >= 15 is 0 Å². The third-order valence-corrected chi connectivity index (χ3v) is 3.28. The monoisotopic (exact) mass is 285 g/mol. The Labute approximate surface area is 122 Å². The number of carbonyl (C=O) groups excluding carboxylic acids is 4. The van der Waals surface area contributed by atoms with Gasteiger partial charge in [0, 0.05) is 31.5 Å². The Bertz CT molecular complexity index is 572. The molecular weight excluding hydrogens is 270 g/mol. The van der Waals surface area contributed by atoms with Crippen molar-refractivity contribution >= 4 is 24.4 Å². The molecule has 0 aromatic heterocycles. The molecule has 5 heteroatoms. The molecule has 0 radical (unpaired) electrons. The average Bonchev–Trinajstić information content (AvgIpc) is 2.76. The summed E-state index contributed by atoms with van der Waals surface area (Å²) in [4.78, 5) is 45.4. The van der Waals surface area contributed by atoms with E-state index in [0.29, 0.717) is 6.42 Å². The number of rotatable bonds is 7. The Morgan fingerprint density at radius 3 is 1.76 bits per heavy atom. The summed E-state index contributed by atoms with van der Waals surface area (Å²) in [5.41, 5.74) is 2.56. The molecule has 1 aromatic carbocycles. The fraction of sp³-hybridized carbons (Fsp3) is 0.250. The highest BCUT2D eigenvalue weighted by molar-refractivity contribution is 6.12. The van der Waals surface area contributed by atoms with Gasteiger partial charge in [0.1, 0.15) is 12.6 Å². The molecule has 2 amide bonds. The van der Waals surface area contributed by atoms with Crippen molar-refractivity contribution in [1.82, 2.24) is 4.90 Å². The molecule has 0 atom stereocenters. The summed E-state index contributed by atoms with van der Waals surface area (Å²) in [6.07, 6.45) is 5.18. The summed E-state index contributed by atoms with van der Waals surface area (Å²) >= 11 is 0. The van der Waals surface area contributed by atoms with Crippen LogP contribution in [0.5, 0.6) is 0 Å². The topological polar surface area (TPSA) is 71.5 Å². The summed E-state index contributed by atoms with van der Waals surface area (Å²) in [6, 6.07) is 5.54. The lowest BCUT2D eigenvalue weighted by Gasteiger charge is -2.14. The van der Waals surface area contributed by atoms with E-state index in [9.17, 15) is 19.2 Å². The van der Waals surface area contributed by atoms with Crippen LogP contribution in [0.25, 0.3) is 0 Å². The lowest BCUT2D eigenvalue weighted by molar-refractivity contribution is -0.136. The second kappa shape index (κ2) is 6.74. The van der Waals surface area contributed by atoms with Crippen molar-refractivity contribution in [2.45, 2.75) is 19.3 Å². The van der Waals surface area contributed by atoms with Gasteiger partial charge in [0.05, 0.1) is 0 Å². The molecular formula is C16H15NO4. The molecule has 0 bridgehead atoms. The largest absolute Gasteiger partial charge is 0.303 e. The number of nitrogens with zero attached hydrogens (tertiary/aromatic N) is 1. The van der Waals surface area contributed by atoms with Crippen molar-refractivity contribution < 1.29 is 19.2 Å². The van der Waals surface area contributed by atoms with E-state index in [2.05, 4.69) is 0 Å². The number of benzene rings is 1. The highest BCUT2D eigenvalue weighted by atomic mass is 16.2. The van der Waals surface area contributed by atoms with Crippen molar-refractivity contribution in [3.63, 3.8) is 0 Å². The maximum atomic E-state index is 11.5. The number of hydrogen-bond acceptors (Lipinski definition) is 4. The molecule has 0 spiro atoms. The van der Waals surface area contributed by atoms with Crippen LogP contribution >= 0.6 is 0 Å². The van der Waals surface area contributed by atoms with Crippen molar-refractivity contribution in [3.8, 4) is 0 Å². The van der Waals surface area contributed by atoms with Gasteiger partial charge in [-0.25, -0.2) is 0 Å². The average molecular weight is 285 g/mol. The van der Waals surface area contributed by atoms with E-state index in [-0.39, 0.29) is 31.2 Å². The Morgan fingerprint density at radius 1 is 0.810 bits per heavy atom. The second-order valence-corrected chi connectivity index (χ2v) is 4.81. The normalized spacial score (nSPS) is 13.8.